The second-order valence-electron chi connectivity index (χ2n) is 3.82. The molecule has 0 spiro atoms. The quantitative estimate of drug-likeness (QED) is 0.279. The molecule has 0 saturated carbocycles. The van der Waals surface area contributed by atoms with Gasteiger partial charge in [0.2, 0.25) is 0 Å². The van der Waals surface area contributed by atoms with Gasteiger partial charge in [0.1, 0.15) is 0 Å². The number of benzene rings is 1. The van der Waals surface area contributed by atoms with Crippen LogP contribution in [-0.2, 0) is 0 Å². The molecule has 3 nitrogen and oxygen atoms in total. The van der Waals surface area contributed by atoms with E-state index in [-0.39, 0.29) is 5.84 Å². The Morgan fingerprint density at radius 2 is 2.25 bits per heavy atom. The first-order valence-corrected chi connectivity index (χ1v) is 6.21. The van der Waals surface area contributed by atoms with Crippen LogP contribution < -0.4 is 5.73 Å². The molecule has 1 aromatic carbocycles. The number of nitrogens with two attached hydrogens (primary N) is 1. The average Bonchev–Trinajstić information content (AvgIpc) is 2.30. The maximum atomic E-state index is 8.75. The van der Waals surface area contributed by atoms with Gasteiger partial charge in [-0.1, -0.05) is 30.6 Å². The van der Waals surface area contributed by atoms with Gasteiger partial charge in [0.05, 0.1) is 0 Å². The summed E-state index contributed by atoms with van der Waals surface area (Å²) in [6.45, 7) is 6.31. The zero-order chi connectivity index (χ0) is 12.1. The number of rotatable bonds is 4. The molecule has 1 atom stereocenters. The molecule has 0 fully saturated rings. The van der Waals surface area contributed by atoms with E-state index in [1.54, 1.807) is 11.8 Å². The fourth-order valence-corrected chi connectivity index (χ4v) is 2.34. The minimum absolute atomic E-state index is 0.175. The maximum Gasteiger partial charge on any atom is 0.171 e. The van der Waals surface area contributed by atoms with Crippen molar-refractivity contribution in [2.75, 3.05) is 0 Å². The van der Waals surface area contributed by atoms with Crippen molar-refractivity contribution in [1.29, 1.82) is 0 Å². The van der Waals surface area contributed by atoms with E-state index in [2.05, 4.69) is 19.0 Å². The van der Waals surface area contributed by atoms with Gasteiger partial charge in [-0.25, -0.2) is 0 Å². The predicted octanol–water partition coefficient (Wildman–Crippen LogP) is 2.98. The Balaban J connectivity index is 3.08. The van der Waals surface area contributed by atoms with E-state index >= 15 is 0 Å². The van der Waals surface area contributed by atoms with Gasteiger partial charge in [-0.05, 0) is 25.5 Å². The minimum Gasteiger partial charge on any atom is -0.409 e. The Labute approximate surface area is 101 Å². The number of amidine groups is 1. The van der Waals surface area contributed by atoms with E-state index in [1.807, 2.05) is 25.1 Å². The number of nitrogens with zero attached hydrogens (tertiary/aromatic N) is 1. The highest BCUT2D eigenvalue weighted by Gasteiger charge is 2.10. The molecule has 1 rings (SSSR count). The molecule has 0 heterocycles. The standard InChI is InChI=1S/C12H18N2OS/c1-4-9(3)16-11-6-5-8(2)7-10(11)12(13)14-15/h5-7,9,15H,4H2,1-3H3,(H2,13,14). The van der Waals surface area contributed by atoms with Crippen molar-refractivity contribution in [3.8, 4) is 0 Å². The van der Waals surface area contributed by atoms with Gasteiger partial charge in [0.25, 0.3) is 0 Å². The molecule has 16 heavy (non-hydrogen) atoms. The lowest BCUT2D eigenvalue weighted by Gasteiger charge is -2.12. The molecule has 0 aromatic heterocycles. The second kappa shape index (κ2) is 5.80. The van der Waals surface area contributed by atoms with Crippen molar-refractivity contribution in [2.24, 2.45) is 10.9 Å². The van der Waals surface area contributed by atoms with E-state index in [1.165, 1.54) is 0 Å². The molecule has 3 N–H and O–H groups in total. The van der Waals surface area contributed by atoms with E-state index in [0.717, 1.165) is 22.4 Å². The Morgan fingerprint density at radius 3 is 2.81 bits per heavy atom. The van der Waals surface area contributed by atoms with E-state index < -0.39 is 0 Å². The van der Waals surface area contributed by atoms with Crippen LogP contribution in [0, 0.1) is 6.92 Å². The van der Waals surface area contributed by atoms with Crippen molar-refractivity contribution in [3.05, 3.63) is 29.3 Å². The maximum absolute atomic E-state index is 8.75. The molecule has 1 unspecified atom stereocenters. The van der Waals surface area contributed by atoms with Gasteiger partial charge in [-0.2, -0.15) is 0 Å². The van der Waals surface area contributed by atoms with Gasteiger partial charge in [-0.3, -0.25) is 0 Å². The smallest absolute Gasteiger partial charge is 0.171 e. The third kappa shape index (κ3) is 3.17. The number of thioether (sulfide) groups is 1. The molecule has 0 bridgehead atoms. The lowest BCUT2D eigenvalue weighted by atomic mass is 10.1. The molecule has 1 aromatic rings. The van der Waals surface area contributed by atoms with Crippen LogP contribution in [0.5, 0.6) is 0 Å². The van der Waals surface area contributed by atoms with Gasteiger partial charge < -0.3 is 10.9 Å². The van der Waals surface area contributed by atoms with Crippen LogP contribution in [-0.4, -0.2) is 16.3 Å². The third-order valence-electron chi connectivity index (χ3n) is 2.42. The molecule has 4 heteroatoms. The Hall–Kier alpha value is -1.16. The van der Waals surface area contributed by atoms with Crippen LogP contribution in [0.1, 0.15) is 31.4 Å². The molecule has 0 amide bonds. The molecular formula is C12H18N2OS. The van der Waals surface area contributed by atoms with Gasteiger partial charge in [0, 0.05) is 15.7 Å². The lowest BCUT2D eigenvalue weighted by molar-refractivity contribution is 0.318. The highest BCUT2D eigenvalue weighted by Crippen LogP contribution is 2.28. The molecular weight excluding hydrogens is 220 g/mol. The van der Waals surface area contributed by atoms with Crippen LogP contribution >= 0.6 is 11.8 Å². The van der Waals surface area contributed by atoms with Crippen LogP contribution in [0.3, 0.4) is 0 Å². The first-order chi connectivity index (χ1) is 7.58. The number of hydrogen-bond donors (Lipinski definition) is 2. The largest absolute Gasteiger partial charge is 0.409 e. The molecule has 0 aliphatic carbocycles. The predicted molar refractivity (Wildman–Crippen MR) is 69.3 cm³/mol. The number of oxime groups is 1. The van der Waals surface area contributed by atoms with Crippen LogP contribution in [0.15, 0.2) is 28.3 Å². The summed E-state index contributed by atoms with van der Waals surface area (Å²) in [4.78, 5) is 1.07. The normalized spacial score (nSPS) is 13.8. The molecule has 0 radical (unpaired) electrons. The van der Waals surface area contributed by atoms with E-state index in [9.17, 15) is 0 Å². The summed E-state index contributed by atoms with van der Waals surface area (Å²) >= 11 is 1.75. The summed E-state index contributed by atoms with van der Waals surface area (Å²) in [5, 5.41) is 12.3. The summed E-state index contributed by atoms with van der Waals surface area (Å²) < 4.78 is 0. The lowest BCUT2D eigenvalue weighted by Crippen LogP contribution is -2.15. The van der Waals surface area contributed by atoms with Crippen molar-refractivity contribution in [1.82, 2.24) is 0 Å². The van der Waals surface area contributed by atoms with Crippen molar-refractivity contribution in [2.45, 2.75) is 37.3 Å². The van der Waals surface area contributed by atoms with E-state index in [0.29, 0.717) is 5.25 Å². The monoisotopic (exact) mass is 238 g/mol. The SMILES string of the molecule is CCC(C)Sc1ccc(C)cc1/C(N)=N/O. The van der Waals surface area contributed by atoms with Crippen LogP contribution in [0.4, 0.5) is 0 Å². The van der Waals surface area contributed by atoms with Crippen molar-refractivity contribution in [3.63, 3.8) is 0 Å². The van der Waals surface area contributed by atoms with Crippen molar-refractivity contribution >= 4 is 17.6 Å². The fourth-order valence-electron chi connectivity index (χ4n) is 1.30. The highest BCUT2D eigenvalue weighted by atomic mass is 32.2. The average molecular weight is 238 g/mol. The zero-order valence-corrected chi connectivity index (χ0v) is 10.7. The summed E-state index contributed by atoms with van der Waals surface area (Å²) in [7, 11) is 0. The minimum atomic E-state index is 0.175. The van der Waals surface area contributed by atoms with Crippen molar-refractivity contribution < 1.29 is 5.21 Å². The Kier molecular flexibility index (Phi) is 4.68. The summed E-state index contributed by atoms with van der Waals surface area (Å²) in [6.07, 6.45) is 1.09. The fraction of sp³-hybridized carbons (Fsp3) is 0.417. The first-order valence-electron chi connectivity index (χ1n) is 5.33. The number of hydrogen-bond acceptors (Lipinski definition) is 3. The Bertz CT molecular complexity index is 391. The third-order valence-corrected chi connectivity index (χ3v) is 3.77. The van der Waals surface area contributed by atoms with Crippen LogP contribution in [0.25, 0.3) is 0 Å². The summed E-state index contributed by atoms with van der Waals surface area (Å²) in [6, 6.07) is 6.01. The molecule has 0 saturated heterocycles. The summed E-state index contributed by atoms with van der Waals surface area (Å²) in [5.41, 5.74) is 7.59. The molecule has 0 aliphatic rings. The molecule has 88 valence electrons. The topological polar surface area (TPSA) is 58.6 Å². The van der Waals surface area contributed by atoms with Gasteiger partial charge >= 0.3 is 0 Å². The Morgan fingerprint density at radius 1 is 1.56 bits per heavy atom. The highest BCUT2D eigenvalue weighted by molar-refractivity contribution is 8.00. The van der Waals surface area contributed by atoms with E-state index in [4.69, 9.17) is 10.9 Å². The van der Waals surface area contributed by atoms with Gasteiger partial charge in [0.15, 0.2) is 5.84 Å². The number of aryl methyl sites for hydroxylation is 1. The first kappa shape index (κ1) is 12.9. The molecule has 0 aliphatic heterocycles. The second-order valence-corrected chi connectivity index (χ2v) is 5.30. The van der Waals surface area contributed by atoms with Gasteiger partial charge in [-0.15, -0.1) is 11.8 Å². The summed E-state index contributed by atoms with van der Waals surface area (Å²) in [5.74, 6) is 0.175. The zero-order valence-electron chi connectivity index (χ0n) is 9.90. The van der Waals surface area contributed by atoms with Crippen LogP contribution in [0.2, 0.25) is 0 Å².